The van der Waals surface area contributed by atoms with E-state index < -0.39 is 5.60 Å². The molecule has 1 spiro atoms. The van der Waals surface area contributed by atoms with Crippen LogP contribution >= 0.6 is 0 Å². The molecule has 0 radical (unpaired) electrons. The maximum Gasteiger partial charge on any atom is 0.169 e. The van der Waals surface area contributed by atoms with Crippen molar-refractivity contribution in [2.75, 3.05) is 13.7 Å². The first-order valence-electron chi connectivity index (χ1n) is 8.65. The average molecular weight is 322 g/mol. The largest absolute Gasteiger partial charge is 0.497 e. The minimum Gasteiger partial charge on any atom is -0.497 e. The Morgan fingerprint density at radius 1 is 1.17 bits per heavy atom. The number of Topliss-reactive ketones (excluding diaryl/α,β-unsaturated/α-hetero) is 1. The average Bonchev–Trinajstić information content (AvgIpc) is 3.12. The molecule has 1 aliphatic heterocycles. The first-order valence-corrected chi connectivity index (χ1v) is 8.65. The second-order valence-corrected chi connectivity index (χ2v) is 6.68. The zero-order chi connectivity index (χ0) is 16.6. The number of benzene rings is 2. The molecule has 0 amide bonds. The van der Waals surface area contributed by atoms with Gasteiger partial charge >= 0.3 is 0 Å². The summed E-state index contributed by atoms with van der Waals surface area (Å²) in [5.74, 6) is 0.852. The molecule has 3 nitrogen and oxygen atoms in total. The number of ether oxygens (including phenoxy) is 2. The van der Waals surface area contributed by atoms with E-state index >= 15 is 0 Å². The molecule has 0 aromatic heterocycles. The summed E-state index contributed by atoms with van der Waals surface area (Å²) < 4.78 is 11.5. The van der Waals surface area contributed by atoms with Crippen LogP contribution in [0.15, 0.2) is 48.5 Å². The Hall–Kier alpha value is -2.13. The molecule has 1 saturated heterocycles. The number of carbonyl (C=O) groups is 1. The van der Waals surface area contributed by atoms with Gasteiger partial charge in [-0.15, -0.1) is 0 Å². The zero-order valence-electron chi connectivity index (χ0n) is 14.0. The van der Waals surface area contributed by atoms with Gasteiger partial charge in [0.05, 0.1) is 13.0 Å². The summed E-state index contributed by atoms with van der Waals surface area (Å²) in [6, 6.07) is 15.9. The van der Waals surface area contributed by atoms with Crippen LogP contribution in [0.25, 0.3) is 0 Å². The van der Waals surface area contributed by atoms with Gasteiger partial charge in [0, 0.05) is 12.2 Å². The lowest BCUT2D eigenvalue weighted by Gasteiger charge is -2.41. The van der Waals surface area contributed by atoms with E-state index in [2.05, 4.69) is 24.3 Å². The molecule has 2 atom stereocenters. The van der Waals surface area contributed by atoms with Crippen molar-refractivity contribution in [1.29, 1.82) is 0 Å². The number of ketones is 1. The highest BCUT2D eigenvalue weighted by atomic mass is 16.5. The van der Waals surface area contributed by atoms with Gasteiger partial charge in [-0.1, -0.05) is 24.3 Å². The summed E-state index contributed by atoms with van der Waals surface area (Å²) in [5.41, 5.74) is 2.86. The molecule has 124 valence electrons. The number of fused-ring (bicyclic) bond motifs is 2. The van der Waals surface area contributed by atoms with E-state index in [9.17, 15) is 4.79 Å². The van der Waals surface area contributed by atoms with Gasteiger partial charge in [0.2, 0.25) is 0 Å². The molecule has 0 bridgehead atoms. The first-order chi connectivity index (χ1) is 11.7. The summed E-state index contributed by atoms with van der Waals surface area (Å²) in [7, 11) is 1.64. The van der Waals surface area contributed by atoms with E-state index in [-0.39, 0.29) is 11.7 Å². The van der Waals surface area contributed by atoms with Crippen LogP contribution in [0.3, 0.4) is 0 Å². The molecule has 2 unspecified atom stereocenters. The first kappa shape index (κ1) is 15.4. The normalized spacial score (nSPS) is 25.5. The topological polar surface area (TPSA) is 35.5 Å². The molecule has 3 heteroatoms. The molecule has 2 aromatic carbocycles. The lowest BCUT2D eigenvalue weighted by Crippen LogP contribution is -2.43. The molecule has 4 rings (SSSR count). The minimum atomic E-state index is -0.439. The van der Waals surface area contributed by atoms with Crippen LogP contribution in [0.4, 0.5) is 0 Å². The lowest BCUT2D eigenvalue weighted by molar-refractivity contribution is -0.0477. The fourth-order valence-corrected chi connectivity index (χ4v) is 4.32. The van der Waals surface area contributed by atoms with Gasteiger partial charge in [0.15, 0.2) is 5.78 Å². The van der Waals surface area contributed by atoms with E-state index in [4.69, 9.17) is 9.47 Å². The molecule has 1 aliphatic carbocycles. The van der Waals surface area contributed by atoms with Gasteiger partial charge in [-0.25, -0.2) is 0 Å². The third kappa shape index (κ3) is 2.35. The molecular formula is C21H22O3. The standard InChI is InChI=1S/C21H22O3/c1-23-17-10-7-16(8-11-17)20(22)19-12-9-15-5-2-3-6-18(15)21(19)13-4-14-24-21/h2-3,5-8,10-11,19H,4,9,12-14H2,1H3. The van der Waals surface area contributed by atoms with E-state index in [0.717, 1.165) is 43.6 Å². The Bertz CT molecular complexity index is 742. The zero-order valence-corrected chi connectivity index (χ0v) is 14.0. The summed E-state index contributed by atoms with van der Waals surface area (Å²) >= 11 is 0. The van der Waals surface area contributed by atoms with Crippen molar-refractivity contribution in [2.45, 2.75) is 31.3 Å². The lowest BCUT2D eigenvalue weighted by atomic mass is 9.67. The molecule has 2 aromatic rings. The van der Waals surface area contributed by atoms with Crippen molar-refractivity contribution in [3.05, 3.63) is 65.2 Å². The van der Waals surface area contributed by atoms with Gasteiger partial charge in [0.25, 0.3) is 0 Å². The van der Waals surface area contributed by atoms with E-state index in [0.29, 0.717) is 0 Å². The Morgan fingerprint density at radius 3 is 2.67 bits per heavy atom. The van der Waals surface area contributed by atoms with Crippen LogP contribution in [0.2, 0.25) is 0 Å². The Labute approximate surface area is 142 Å². The van der Waals surface area contributed by atoms with Gasteiger partial charge in [-0.3, -0.25) is 4.79 Å². The number of hydrogen-bond donors (Lipinski definition) is 0. The number of carbonyl (C=O) groups excluding carboxylic acids is 1. The van der Waals surface area contributed by atoms with Crippen LogP contribution in [0.5, 0.6) is 5.75 Å². The molecule has 0 saturated carbocycles. The highest BCUT2D eigenvalue weighted by Gasteiger charge is 2.50. The van der Waals surface area contributed by atoms with Crippen molar-refractivity contribution >= 4 is 5.78 Å². The van der Waals surface area contributed by atoms with Gasteiger partial charge in [-0.2, -0.15) is 0 Å². The summed E-state index contributed by atoms with van der Waals surface area (Å²) in [4.78, 5) is 13.2. The number of methoxy groups -OCH3 is 1. The van der Waals surface area contributed by atoms with E-state index in [1.54, 1.807) is 7.11 Å². The highest BCUT2D eigenvalue weighted by molar-refractivity contribution is 5.99. The quantitative estimate of drug-likeness (QED) is 0.797. The smallest absolute Gasteiger partial charge is 0.169 e. The van der Waals surface area contributed by atoms with Crippen molar-refractivity contribution in [2.24, 2.45) is 5.92 Å². The molecule has 1 fully saturated rings. The Kier molecular flexibility index (Phi) is 3.89. The monoisotopic (exact) mass is 322 g/mol. The van der Waals surface area contributed by atoms with Crippen molar-refractivity contribution in [3.63, 3.8) is 0 Å². The third-order valence-electron chi connectivity index (χ3n) is 5.48. The van der Waals surface area contributed by atoms with Gasteiger partial charge in [-0.05, 0) is 61.1 Å². The maximum absolute atomic E-state index is 13.2. The van der Waals surface area contributed by atoms with Crippen LogP contribution in [0.1, 0.15) is 40.7 Å². The predicted molar refractivity (Wildman–Crippen MR) is 92.4 cm³/mol. The fourth-order valence-electron chi connectivity index (χ4n) is 4.32. The number of hydrogen-bond acceptors (Lipinski definition) is 3. The minimum absolute atomic E-state index is 0.108. The molecule has 24 heavy (non-hydrogen) atoms. The molecule has 0 N–H and O–H groups in total. The molecular weight excluding hydrogens is 300 g/mol. The maximum atomic E-state index is 13.2. The molecule has 2 aliphatic rings. The Morgan fingerprint density at radius 2 is 1.96 bits per heavy atom. The number of rotatable bonds is 3. The second kappa shape index (κ2) is 6.06. The van der Waals surface area contributed by atoms with Crippen molar-refractivity contribution in [1.82, 2.24) is 0 Å². The highest BCUT2D eigenvalue weighted by Crippen LogP contribution is 2.49. The third-order valence-corrected chi connectivity index (χ3v) is 5.48. The molecule has 1 heterocycles. The van der Waals surface area contributed by atoms with Crippen LogP contribution < -0.4 is 4.74 Å². The summed E-state index contributed by atoms with van der Waals surface area (Å²) in [6.07, 6.45) is 3.73. The van der Waals surface area contributed by atoms with E-state index in [1.165, 1.54) is 11.1 Å². The van der Waals surface area contributed by atoms with Crippen molar-refractivity contribution in [3.8, 4) is 5.75 Å². The Balaban J connectivity index is 1.73. The summed E-state index contributed by atoms with van der Waals surface area (Å²) in [6.45, 7) is 0.737. The van der Waals surface area contributed by atoms with Crippen LogP contribution in [0, 0.1) is 5.92 Å². The van der Waals surface area contributed by atoms with Crippen LogP contribution in [-0.2, 0) is 16.8 Å². The van der Waals surface area contributed by atoms with Gasteiger partial charge < -0.3 is 9.47 Å². The number of aryl methyl sites for hydroxylation is 1. The second-order valence-electron chi connectivity index (χ2n) is 6.68. The summed E-state index contributed by atoms with van der Waals surface area (Å²) in [5, 5.41) is 0. The van der Waals surface area contributed by atoms with Crippen molar-refractivity contribution < 1.29 is 14.3 Å². The van der Waals surface area contributed by atoms with Gasteiger partial charge in [0.1, 0.15) is 11.4 Å². The van der Waals surface area contributed by atoms with E-state index in [1.807, 2.05) is 24.3 Å². The van der Waals surface area contributed by atoms with Crippen LogP contribution in [-0.4, -0.2) is 19.5 Å². The SMILES string of the molecule is COc1ccc(C(=O)C2CCc3ccccc3C23CCCO3)cc1. The fraction of sp³-hybridized carbons (Fsp3) is 0.381. The predicted octanol–water partition coefficient (Wildman–Crippen LogP) is 4.15.